The second-order valence-electron chi connectivity index (χ2n) is 14.7. The second kappa shape index (κ2) is 31.6. The number of halogens is 4. The number of carbonyl (C=O) groups is 6. The van der Waals surface area contributed by atoms with Crippen LogP contribution in [0.25, 0.3) is 0 Å². The van der Waals surface area contributed by atoms with E-state index in [0.717, 1.165) is 25.7 Å². The fourth-order valence-corrected chi connectivity index (χ4v) is 5.60. The highest BCUT2D eigenvalue weighted by Gasteiger charge is 2.38. The molecule has 0 saturated heterocycles. The van der Waals surface area contributed by atoms with Gasteiger partial charge in [-0.2, -0.15) is 13.2 Å². The van der Waals surface area contributed by atoms with Crippen LogP contribution in [0.5, 0.6) is 0 Å². The predicted octanol–water partition coefficient (Wildman–Crippen LogP) is 2.71. The number of nitrogens with zero attached hydrogens (tertiary/aromatic N) is 2. The van der Waals surface area contributed by atoms with Crippen molar-refractivity contribution >= 4 is 58.9 Å². The number of rotatable bonds is 29. The summed E-state index contributed by atoms with van der Waals surface area (Å²) in [5, 5.41) is 18.3. The first-order chi connectivity index (χ1) is 27.0. The molecule has 0 spiro atoms. The Labute approximate surface area is 345 Å². The number of carboxylic acids is 1. The van der Waals surface area contributed by atoms with Crippen LogP contribution in [0.3, 0.4) is 0 Å². The van der Waals surface area contributed by atoms with Crippen LogP contribution in [0.2, 0.25) is 0 Å². The summed E-state index contributed by atoms with van der Waals surface area (Å²) in [6.45, 7) is 10.3. The molecule has 13 N–H and O–H groups in total. The number of nitrogens with two attached hydrogens (primary N) is 4. The molecule has 0 aliphatic heterocycles. The van der Waals surface area contributed by atoms with Crippen LogP contribution in [-0.2, 0) is 28.8 Å². The van der Waals surface area contributed by atoms with Crippen molar-refractivity contribution in [1.82, 2.24) is 21.3 Å². The Morgan fingerprint density at radius 2 is 1.00 bits per heavy atom. The smallest absolute Gasteiger partial charge is 0.475 e. The van der Waals surface area contributed by atoms with Crippen molar-refractivity contribution in [2.75, 3.05) is 19.0 Å². The van der Waals surface area contributed by atoms with E-state index in [1.807, 2.05) is 27.7 Å². The standard InChI is InChI=1S/C35H67ClN10O5.C2HF3O2/c1-6-7-8-9-10-11-12-17-30(48)43-25(15-13-18-41-34(37)38)31(49)44-26(16-14-19-42-35(39)40)32(50)46-28(21-24(4)5)33(51)45-27(20-23(2)3)29(47)22-36;3-2(4,5)1(6)7/h23-28H,6-22H2,1-5H3,(H,43,48)(H,44,49)(H,45,51)(H,46,50)(H4,37,38,41)(H4,39,40,42);(H,6,7)/t25-,26-,27-,28-;/m0./s1. The molecule has 0 aromatic rings. The number of hydrogen-bond acceptors (Lipinski definition) is 8. The van der Waals surface area contributed by atoms with E-state index in [4.69, 9.17) is 44.4 Å². The van der Waals surface area contributed by atoms with E-state index in [0.29, 0.717) is 25.7 Å². The first-order valence-corrected chi connectivity index (χ1v) is 20.3. The van der Waals surface area contributed by atoms with Gasteiger partial charge in [0.05, 0.1) is 11.9 Å². The average molecular weight is 857 g/mol. The number of carboxylic acid groups (broad SMARTS) is 1. The molecule has 0 aliphatic carbocycles. The summed E-state index contributed by atoms with van der Waals surface area (Å²) in [6.07, 6.45) is 4.26. The van der Waals surface area contributed by atoms with Crippen molar-refractivity contribution < 1.29 is 47.0 Å². The van der Waals surface area contributed by atoms with Crippen molar-refractivity contribution in [2.45, 2.75) is 155 Å². The third-order valence-electron chi connectivity index (χ3n) is 8.31. The molecule has 0 saturated carbocycles. The lowest BCUT2D eigenvalue weighted by atomic mass is 9.98. The van der Waals surface area contributed by atoms with Crippen LogP contribution in [0.15, 0.2) is 9.98 Å². The molecule has 0 unspecified atom stereocenters. The minimum Gasteiger partial charge on any atom is -0.475 e. The zero-order valence-corrected chi connectivity index (χ0v) is 35.4. The van der Waals surface area contributed by atoms with Crippen LogP contribution < -0.4 is 44.2 Å². The third-order valence-corrected chi connectivity index (χ3v) is 8.57. The maximum atomic E-state index is 13.8. The first kappa shape index (κ1) is 55.7. The molecule has 0 fully saturated rings. The molecule has 0 aromatic carbocycles. The Hall–Kier alpha value is -4.36. The molecule has 0 bridgehead atoms. The van der Waals surface area contributed by atoms with E-state index in [9.17, 15) is 37.1 Å². The Balaban J connectivity index is 0. The van der Waals surface area contributed by atoms with Gasteiger partial charge in [0.2, 0.25) is 23.6 Å². The van der Waals surface area contributed by atoms with Crippen LogP contribution in [0.1, 0.15) is 125 Å². The monoisotopic (exact) mass is 856 g/mol. The molecular weight excluding hydrogens is 789 g/mol. The summed E-state index contributed by atoms with van der Waals surface area (Å²) in [5.41, 5.74) is 21.8. The van der Waals surface area contributed by atoms with Gasteiger partial charge in [0.15, 0.2) is 17.7 Å². The number of unbranched alkanes of at least 4 members (excludes halogenated alkanes) is 6. The Morgan fingerprint density at radius 3 is 1.41 bits per heavy atom. The number of hydrogen-bond donors (Lipinski definition) is 9. The van der Waals surface area contributed by atoms with Crippen molar-refractivity contribution in [3.05, 3.63) is 0 Å². The highest BCUT2D eigenvalue weighted by molar-refractivity contribution is 6.28. The van der Waals surface area contributed by atoms with Gasteiger partial charge < -0.3 is 49.3 Å². The molecule has 336 valence electrons. The quantitative estimate of drug-likeness (QED) is 0.0228. The zero-order valence-electron chi connectivity index (χ0n) is 34.6. The van der Waals surface area contributed by atoms with Gasteiger partial charge in [-0.05, 0) is 56.8 Å². The van der Waals surface area contributed by atoms with Gasteiger partial charge in [-0.25, -0.2) is 4.79 Å². The van der Waals surface area contributed by atoms with Gasteiger partial charge in [0.25, 0.3) is 0 Å². The minimum atomic E-state index is -5.08. The van der Waals surface area contributed by atoms with Crippen molar-refractivity contribution in [3.8, 4) is 0 Å². The number of carbonyl (C=O) groups excluding carboxylic acids is 5. The number of aliphatic imine (C=N–C) groups is 2. The molecule has 17 nitrogen and oxygen atoms in total. The Morgan fingerprint density at radius 1 is 0.621 bits per heavy atom. The average Bonchev–Trinajstić information content (AvgIpc) is 3.11. The van der Waals surface area contributed by atoms with Crippen LogP contribution in [0.4, 0.5) is 13.2 Å². The normalized spacial score (nSPS) is 13.2. The maximum absolute atomic E-state index is 13.8. The summed E-state index contributed by atoms with van der Waals surface area (Å²) < 4.78 is 31.7. The van der Waals surface area contributed by atoms with Gasteiger partial charge >= 0.3 is 12.1 Å². The van der Waals surface area contributed by atoms with E-state index >= 15 is 0 Å². The number of alkyl halides is 4. The molecule has 0 heterocycles. The highest BCUT2D eigenvalue weighted by Crippen LogP contribution is 2.14. The molecular formula is C37H68ClF3N10O7. The van der Waals surface area contributed by atoms with E-state index in [1.54, 1.807) is 0 Å². The fraction of sp³-hybridized carbons (Fsp3) is 0.784. The van der Waals surface area contributed by atoms with Gasteiger partial charge in [-0.15, -0.1) is 11.6 Å². The Bertz CT molecular complexity index is 1310. The summed E-state index contributed by atoms with van der Waals surface area (Å²) in [5.74, 6) is -5.39. The number of nitrogens with one attached hydrogen (secondary N) is 4. The van der Waals surface area contributed by atoms with E-state index in [2.05, 4.69) is 38.2 Å². The number of aliphatic carboxylic acids is 1. The number of ketones is 1. The molecule has 58 heavy (non-hydrogen) atoms. The van der Waals surface area contributed by atoms with Gasteiger partial charge in [0.1, 0.15) is 18.1 Å². The molecule has 0 rings (SSSR count). The van der Waals surface area contributed by atoms with Crippen LogP contribution in [0, 0.1) is 11.8 Å². The molecule has 4 atom stereocenters. The summed E-state index contributed by atoms with van der Waals surface area (Å²) in [7, 11) is 0. The summed E-state index contributed by atoms with van der Waals surface area (Å²) in [4.78, 5) is 83.2. The van der Waals surface area contributed by atoms with Gasteiger partial charge in [0, 0.05) is 19.5 Å². The SMILES string of the molecule is CCCCCCCCCC(=O)N[C@@H](CCCN=C(N)N)C(=O)N[C@@H](CCCN=C(N)N)C(=O)N[C@@H](CC(C)C)C(=O)N[C@@H](CC(C)C)C(=O)CCl.O=C(O)C(F)(F)F. The summed E-state index contributed by atoms with van der Waals surface area (Å²) >= 11 is 5.82. The van der Waals surface area contributed by atoms with Gasteiger partial charge in [-0.3, -0.25) is 34.0 Å². The van der Waals surface area contributed by atoms with E-state index < -0.39 is 54.0 Å². The number of Topliss-reactive ketones (excluding diaryl/α,β-unsaturated/α-hetero) is 1. The lowest BCUT2D eigenvalue weighted by molar-refractivity contribution is -0.192. The molecule has 0 aliphatic rings. The number of amides is 4. The molecule has 0 radical (unpaired) electrons. The maximum Gasteiger partial charge on any atom is 0.490 e. The van der Waals surface area contributed by atoms with Gasteiger partial charge in [-0.1, -0.05) is 73.1 Å². The van der Waals surface area contributed by atoms with Crippen molar-refractivity contribution in [1.29, 1.82) is 0 Å². The van der Waals surface area contributed by atoms with E-state index in [1.165, 1.54) is 12.8 Å². The first-order valence-electron chi connectivity index (χ1n) is 19.7. The largest absolute Gasteiger partial charge is 0.490 e. The molecule has 0 aromatic heterocycles. The second-order valence-corrected chi connectivity index (χ2v) is 15.0. The van der Waals surface area contributed by atoms with Crippen LogP contribution in [-0.4, -0.2) is 102 Å². The fourth-order valence-electron chi connectivity index (χ4n) is 5.41. The third kappa shape index (κ3) is 29.8. The molecule has 4 amide bonds. The van der Waals surface area contributed by atoms with Crippen molar-refractivity contribution in [2.24, 2.45) is 44.8 Å². The Kier molecular flexibility index (Phi) is 30.4. The van der Waals surface area contributed by atoms with Crippen LogP contribution >= 0.6 is 11.6 Å². The van der Waals surface area contributed by atoms with E-state index in [-0.39, 0.29) is 80.1 Å². The summed E-state index contributed by atoms with van der Waals surface area (Å²) in [6, 6.07) is -3.85. The van der Waals surface area contributed by atoms with Crippen molar-refractivity contribution in [3.63, 3.8) is 0 Å². The topological polar surface area (TPSA) is 300 Å². The zero-order chi connectivity index (χ0) is 44.8. The lowest BCUT2D eigenvalue weighted by Crippen LogP contribution is -2.58. The number of guanidine groups is 2. The molecule has 21 heteroatoms. The predicted molar refractivity (Wildman–Crippen MR) is 218 cm³/mol. The lowest BCUT2D eigenvalue weighted by Gasteiger charge is -2.27. The minimum absolute atomic E-state index is 0.00406. The highest BCUT2D eigenvalue weighted by atomic mass is 35.5.